The van der Waals surface area contributed by atoms with Crippen molar-refractivity contribution in [3.63, 3.8) is 0 Å². The molecular weight excluding hydrogens is 925 g/mol. The maximum absolute atomic E-state index is 12.8. The van der Waals surface area contributed by atoms with Crippen LogP contribution in [-0.4, -0.2) is 37.2 Å². The Labute approximate surface area is 461 Å². The lowest BCUT2D eigenvalue weighted by Crippen LogP contribution is -2.30. The lowest BCUT2D eigenvalue weighted by atomic mass is 10.0. The minimum Gasteiger partial charge on any atom is -0.462 e. The Morgan fingerprint density at radius 2 is 0.560 bits per heavy atom. The summed E-state index contributed by atoms with van der Waals surface area (Å²) in [5.41, 5.74) is 0. The third-order valence-electron chi connectivity index (χ3n) is 12.3. The van der Waals surface area contributed by atoms with Gasteiger partial charge in [-0.1, -0.05) is 256 Å². The summed E-state index contributed by atoms with van der Waals surface area (Å²) in [5, 5.41) is 0. The SMILES string of the molecule is CC/C=C\C/C=C\C/C=C\C/C=C\C/C=C\CC(=O)OC(COC(=O)CCCC/C=C\C/C=C\C/C=C\C/C=C\CC)COC(=O)CCCCCCCCCCCCCC/C=C\C/C=C\C/C=C\CCCCCCC. The molecule has 0 saturated heterocycles. The number of carbonyl (C=O) groups excluding carboxylic acids is 3. The van der Waals surface area contributed by atoms with E-state index >= 15 is 0 Å². The first-order chi connectivity index (χ1) is 37.0. The lowest BCUT2D eigenvalue weighted by molar-refractivity contribution is -0.166. The Morgan fingerprint density at radius 3 is 0.907 bits per heavy atom. The lowest BCUT2D eigenvalue weighted by Gasteiger charge is -2.18. The zero-order valence-electron chi connectivity index (χ0n) is 48.3. The molecule has 0 aliphatic heterocycles. The molecule has 0 aliphatic carbocycles. The molecule has 6 nitrogen and oxygen atoms in total. The predicted molar refractivity (Wildman–Crippen MR) is 325 cm³/mol. The van der Waals surface area contributed by atoms with Crippen LogP contribution in [0.25, 0.3) is 0 Å². The van der Waals surface area contributed by atoms with Gasteiger partial charge in [0.15, 0.2) is 6.10 Å². The molecule has 0 fully saturated rings. The van der Waals surface area contributed by atoms with E-state index < -0.39 is 12.1 Å². The van der Waals surface area contributed by atoms with E-state index in [1.807, 2.05) is 6.08 Å². The molecule has 6 heteroatoms. The second kappa shape index (κ2) is 61.8. The van der Waals surface area contributed by atoms with Crippen LogP contribution in [0.1, 0.15) is 252 Å². The molecule has 0 spiro atoms. The summed E-state index contributed by atoms with van der Waals surface area (Å²) >= 11 is 0. The summed E-state index contributed by atoms with van der Waals surface area (Å²) in [6.07, 6.45) is 88.8. The van der Waals surface area contributed by atoms with E-state index in [2.05, 4.69) is 154 Å². The van der Waals surface area contributed by atoms with Gasteiger partial charge in [-0.15, -0.1) is 0 Å². The van der Waals surface area contributed by atoms with Gasteiger partial charge in [0.25, 0.3) is 0 Å². The standard InChI is InChI=1S/C69H110O6/c1-4-7-10-13-16-19-22-25-28-29-30-31-32-33-34-35-36-37-38-39-42-44-47-50-53-56-59-62-68(71)74-65-66(75-69(72)63-60-57-54-51-48-45-41-27-24-21-18-15-12-9-6-3)64-73-67(70)61-58-55-52-49-46-43-40-26-23-20-17-14-11-8-5-2/h8-9,11-12,17-18,20-22,25-27,29-30,32-33,40-41,46,48-49,51,57,60,66H,4-7,10,13-16,19,23-24,28,31,34-39,42-45,47,50,52-56,58-59,61-65H2,1-3H3/b11-8-,12-9-,20-17-,21-18-,25-22-,30-29-,33-32-,40-26-,41-27-,49-46-,51-48-,60-57-. The minimum absolute atomic E-state index is 0.0814. The Bertz CT molecular complexity index is 1660. The second-order valence-electron chi connectivity index (χ2n) is 19.5. The van der Waals surface area contributed by atoms with Crippen molar-refractivity contribution in [2.24, 2.45) is 0 Å². The number of unbranched alkanes of at least 4 members (excludes halogenated alkanes) is 19. The van der Waals surface area contributed by atoms with Crippen molar-refractivity contribution >= 4 is 17.9 Å². The summed E-state index contributed by atoms with van der Waals surface area (Å²) in [5.74, 6) is -1.12. The third-order valence-corrected chi connectivity index (χ3v) is 12.3. The third kappa shape index (κ3) is 60.0. The Hall–Kier alpha value is -4.71. The molecule has 0 amide bonds. The van der Waals surface area contributed by atoms with Gasteiger partial charge < -0.3 is 14.2 Å². The number of hydrogen-bond donors (Lipinski definition) is 0. The quantitative estimate of drug-likeness (QED) is 0.0261. The monoisotopic (exact) mass is 1030 g/mol. The Kier molecular flexibility index (Phi) is 58.0. The molecule has 422 valence electrons. The largest absolute Gasteiger partial charge is 0.462 e. The van der Waals surface area contributed by atoms with Crippen molar-refractivity contribution in [1.82, 2.24) is 0 Å². The van der Waals surface area contributed by atoms with Crippen LogP contribution >= 0.6 is 0 Å². The molecule has 0 aromatic rings. The van der Waals surface area contributed by atoms with Crippen molar-refractivity contribution < 1.29 is 28.6 Å². The number of allylic oxidation sites excluding steroid dienone is 23. The van der Waals surface area contributed by atoms with Crippen LogP contribution in [0.15, 0.2) is 146 Å². The fourth-order valence-electron chi connectivity index (χ4n) is 7.87. The molecule has 75 heavy (non-hydrogen) atoms. The summed E-state index contributed by atoms with van der Waals surface area (Å²) < 4.78 is 16.7. The molecule has 0 heterocycles. The highest BCUT2D eigenvalue weighted by Gasteiger charge is 2.19. The highest BCUT2D eigenvalue weighted by Crippen LogP contribution is 2.14. The van der Waals surface area contributed by atoms with Crippen molar-refractivity contribution in [3.8, 4) is 0 Å². The maximum Gasteiger partial charge on any atom is 0.310 e. The average molecular weight is 1040 g/mol. The topological polar surface area (TPSA) is 78.9 Å². The molecule has 0 rings (SSSR count). The molecular formula is C69H110O6. The molecule has 0 saturated carbocycles. The fraction of sp³-hybridized carbons (Fsp3) is 0.609. The number of ether oxygens (including phenoxy) is 3. The first-order valence-electron chi connectivity index (χ1n) is 30.3. The smallest absolute Gasteiger partial charge is 0.310 e. The van der Waals surface area contributed by atoms with Gasteiger partial charge in [0, 0.05) is 12.8 Å². The van der Waals surface area contributed by atoms with E-state index in [0.717, 1.165) is 96.3 Å². The highest BCUT2D eigenvalue weighted by atomic mass is 16.6. The number of esters is 3. The molecule has 0 aromatic carbocycles. The van der Waals surface area contributed by atoms with Gasteiger partial charge >= 0.3 is 17.9 Å². The zero-order valence-corrected chi connectivity index (χ0v) is 48.3. The summed E-state index contributed by atoms with van der Waals surface area (Å²) in [6.45, 7) is 6.27. The van der Waals surface area contributed by atoms with Crippen LogP contribution in [0.3, 0.4) is 0 Å². The number of rotatable bonds is 53. The number of hydrogen-bond acceptors (Lipinski definition) is 6. The van der Waals surface area contributed by atoms with Crippen molar-refractivity contribution in [2.45, 2.75) is 258 Å². The maximum atomic E-state index is 12.8. The van der Waals surface area contributed by atoms with Crippen LogP contribution in [0.2, 0.25) is 0 Å². The van der Waals surface area contributed by atoms with Crippen LogP contribution in [0, 0.1) is 0 Å². The van der Waals surface area contributed by atoms with Crippen molar-refractivity contribution in [2.75, 3.05) is 13.2 Å². The molecule has 0 aromatic heterocycles. The van der Waals surface area contributed by atoms with Gasteiger partial charge in [0.1, 0.15) is 13.2 Å². The summed E-state index contributed by atoms with van der Waals surface area (Å²) in [6, 6.07) is 0. The molecule has 0 aliphatic rings. The first kappa shape index (κ1) is 70.3. The highest BCUT2D eigenvalue weighted by molar-refractivity contribution is 5.72. The van der Waals surface area contributed by atoms with Crippen LogP contribution in [0.4, 0.5) is 0 Å². The van der Waals surface area contributed by atoms with E-state index in [1.54, 1.807) is 6.08 Å². The molecule has 0 bridgehead atoms. The molecule has 1 atom stereocenters. The average Bonchev–Trinajstić information content (AvgIpc) is 3.41. The van der Waals surface area contributed by atoms with Crippen LogP contribution in [0.5, 0.6) is 0 Å². The van der Waals surface area contributed by atoms with E-state index in [1.165, 1.54) is 103 Å². The fourth-order valence-corrected chi connectivity index (χ4v) is 7.87. The molecule has 1 unspecified atom stereocenters. The van der Waals surface area contributed by atoms with Gasteiger partial charge in [0.2, 0.25) is 0 Å². The van der Waals surface area contributed by atoms with E-state index in [0.29, 0.717) is 19.3 Å². The second-order valence-corrected chi connectivity index (χ2v) is 19.5. The molecule has 0 radical (unpaired) electrons. The van der Waals surface area contributed by atoms with Crippen LogP contribution in [-0.2, 0) is 28.6 Å². The van der Waals surface area contributed by atoms with E-state index in [4.69, 9.17) is 14.2 Å². The van der Waals surface area contributed by atoms with Crippen LogP contribution < -0.4 is 0 Å². The molecule has 0 N–H and O–H groups in total. The Morgan fingerprint density at radius 1 is 0.293 bits per heavy atom. The van der Waals surface area contributed by atoms with Crippen molar-refractivity contribution in [1.29, 1.82) is 0 Å². The van der Waals surface area contributed by atoms with Gasteiger partial charge in [-0.2, -0.15) is 0 Å². The van der Waals surface area contributed by atoms with Gasteiger partial charge in [-0.05, 0) is 122 Å². The predicted octanol–water partition coefficient (Wildman–Crippen LogP) is 20.8. The normalized spacial score (nSPS) is 13.2. The van der Waals surface area contributed by atoms with Gasteiger partial charge in [0.05, 0.1) is 6.42 Å². The number of carbonyl (C=O) groups is 3. The minimum atomic E-state index is -0.857. The summed E-state index contributed by atoms with van der Waals surface area (Å²) in [4.78, 5) is 38.1. The van der Waals surface area contributed by atoms with Crippen molar-refractivity contribution in [3.05, 3.63) is 146 Å². The summed E-state index contributed by atoms with van der Waals surface area (Å²) in [7, 11) is 0. The zero-order chi connectivity index (χ0) is 54.3. The van der Waals surface area contributed by atoms with Gasteiger partial charge in [-0.25, -0.2) is 0 Å². The van der Waals surface area contributed by atoms with E-state index in [9.17, 15) is 14.4 Å². The first-order valence-corrected chi connectivity index (χ1v) is 30.3. The Balaban J connectivity index is 4.42. The van der Waals surface area contributed by atoms with Gasteiger partial charge in [-0.3, -0.25) is 14.4 Å². The van der Waals surface area contributed by atoms with E-state index in [-0.39, 0.29) is 38.0 Å².